The van der Waals surface area contributed by atoms with Crippen molar-refractivity contribution in [3.8, 4) is 0 Å². The zero-order valence-electron chi connectivity index (χ0n) is 10.7. The van der Waals surface area contributed by atoms with Gasteiger partial charge in [0.25, 0.3) is 0 Å². The van der Waals surface area contributed by atoms with E-state index < -0.39 is 15.6 Å². The molecule has 0 unspecified atom stereocenters. The van der Waals surface area contributed by atoms with Crippen LogP contribution in [0, 0.1) is 5.92 Å². The highest BCUT2D eigenvalue weighted by Crippen LogP contribution is 2.26. The number of likely N-dealkylation sites (tertiary alicyclic amines) is 1. The second kappa shape index (κ2) is 4.55. The maximum atomic E-state index is 11.7. The van der Waals surface area contributed by atoms with Crippen molar-refractivity contribution in [3.63, 3.8) is 0 Å². The van der Waals surface area contributed by atoms with Crippen molar-refractivity contribution in [2.75, 3.05) is 32.9 Å². The molecule has 100 valence electrons. The van der Waals surface area contributed by atoms with Gasteiger partial charge in [0.15, 0.2) is 0 Å². The molecule has 0 spiro atoms. The summed E-state index contributed by atoms with van der Waals surface area (Å²) in [5, 5.41) is 9.70. The summed E-state index contributed by atoms with van der Waals surface area (Å²) in [7, 11) is -1.95. The van der Waals surface area contributed by atoms with Gasteiger partial charge in [0, 0.05) is 26.1 Å². The van der Waals surface area contributed by atoms with Crippen molar-refractivity contribution >= 4 is 15.9 Å². The van der Waals surface area contributed by atoms with E-state index in [2.05, 4.69) is 0 Å². The van der Waals surface area contributed by atoms with Crippen LogP contribution in [0.2, 0.25) is 0 Å². The van der Waals surface area contributed by atoms with Crippen LogP contribution in [0.1, 0.15) is 13.8 Å². The van der Waals surface area contributed by atoms with Crippen LogP contribution in [0.15, 0.2) is 0 Å². The van der Waals surface area contributed by atoms with Crippen LogP contribution in [0.5, 0.6) is 0 Å². The normalized spacial score (nSPS) is 18.4. The maximum absolute atomic E-state index is 11.7. The summed E-state index contributed by atoms with van der Waals surface area (Å²) < 4.78 is 23.3. The van der Waals surface area contributed by atoms with Gasteiger partial charge in [-0.25, -0.2) is 8.42 Å². The first-order chi connectivity index (χ1) is 7.51. The number of likely N-dealkylation sites (N-methyl/N-ethyl adjacent to an activating group) is 1. The van der Waals surface area contributed by atoms with E-state index in [1.807, 2.05) is 0 Å². The molecule has 0 aliphatic carbocycles. The molecule has 17 heavy (non-hydrogen) atoms. The van der Waals surface area contributed by atoms with Gasteiger partial charge in [-0.2, -0.15) is 4.31 Å². The monoisotopic (exact) mass is 264 g/mol. The van der Waals surface area contributed by atoms with Crippen molar-refractivity contribution < 1.29 is 18.3 Å². The van der Waals surface area contributed by atoms with E-state index in [1.54, 1.807) is 18.7 Å². The summed E-state index contributed by atoms with van der Waals surface area (Å²) in [6, 6.07) is 0. The Morgan fingerprint density at radius 3 is 2.29 bits per heavy atom. The predicted molar refractivity (Wildman–Crippen MR) is 63.8 cm³/mol. The van der Waals surface area contributed by atoms with Gasteiger partial charge in [-0.05, 0) is 13.8 Å². The van der Waals surface area contributed by atoms with Gasteiger partial charge >= 0.3 is 0 Å². The van der Waals surface area contributed by atoms with Gasteiger partial charge < -0.3 is 10.0 Å². The number of carbonyl (C=O) groups is 1. The number of hydrogen-bond acceptors (Lipinski definition) is 4. The first-order valence-electron chi connectivity index (χ1n) is 5.43. The lowest BCUT2D eigenvalue weighted by atomic mass is 9.84. The summed E-state index contributed by atoms with van der Waals surface area (Å²) in [4.78, 5) is 13.3. The SMILES string of the molecule is CN(CC(=O)N1CC(C(C)(C)O)C1)S(C)(=O)=O. The number of rotatable bonds is 4. The minimum Gasteiger partial charge on any atom is -0.390 e. The molecule has 0 aromatic rings. The fourth-order valence-electron chi connectivity index (χ4n) is 1.54. The molecule has 0 atom stereocenters. The Balaban J connectivity index is 2.44. The Morgan fingerprint density at radius 2 is 1.94 bits per heavy atom. The lowest BCUT2D eigenvalue weighted by Gasteiger charge is -2.45. The van der Waals surface area contributed by atoms with Gasteiger partial charge in [-0.15, -0.1) is 0 Å². The average molecular weight is 264 g/mol. The van der Waals surface area contributed by atoms with Crippen molar-refractivity contribution in [3.05, 3.63) is 0 Å². The van der Waals surface area contributed by atoms with Gasteiger partial charge in [-0.1, -0.05) is 0 Å². The number of carbonyl (C=O) groups excluding carboxylic acids is 1. The highest BCUT2D eigenvalue weighted by Gasteiger charge is 2.39. The smallest absolute Gasteiger partial charge is 0.237 e. The van der Waals surface area contributed by atoms with Crippen molar-refractivity contribution in [2.24, 2.45) is 5.92 Å². The molecule has 7 heteroatoms. The van der Waals surface area contributed by atoms with E-state index in [0.717, 1.165) is 10.6 Å². The van der Waals surface area contributed by atoms with Crippen LogP contribution in [-0.4, -0.2) is 67.2 Å². The summed E-state index contributed by atoms with van der Waals surface area (Å²) >= 11 is 0. The summed E-state index contributed by atoms with van der Waals surface area (Å²) in [5.41, 5.74) is -0.792. The molecule has 6 nitrogen and oxygen atoms in total. The summed E-state index contributed by atoms with van der Waals surface area (Å²) in [6.07, 6.45) is 1.07. The fraction of sp³-hybridized carbons (Fsp3) is 0.900. The molecule has 0 bridgehead atoms. The molecule has 0 radical (unpaired) electrons. The lowest BCUT2D eigenvalue weighted by molar-refractivity contribution is -0.144. The number of hydrogen-bond donors (Lipinski definition) is 1. The van der Waals surface area contributed by atoms with E-state index in [-0.39, 0.29) is 18.4 Å². The Kier molecular flexibility index (Phi) is 3.85. The van der Waals surface area contributed by atoms with E-state index in [4.69, 9.17) is 0 Å². The number of amides is 1. The van der Waals surface area contributed by atoms with Crippen molar-refractivity contribution in [1.29, 1.82) is 0 Å². The molecule has 0 aromatic heterocycles. The molecule has 1 amide bonds. The largest absolute Gasteiger partial charge is 0.390 e. The Bertz CT molecular complexity index is 393. The van der Waals surface area contributed by atoms with Gasteiger partial charge in [0.05, 0.1) is 18.4 Å². The third-order valence-electron chi connectivity index (χ3n) is 3.16. The molecule has 1 heterocycles. The van der Waals surface area contributed by atoms with Crippen LogP contribution in [0.3, 0.4) is 0 Å². The number of nitrogens with zero attached hydrogens (tertiary/aromatic N) is 2. The third kappa shape index (κ3) is 3.65. The molecule has 1 aliphatic rings. The Morgan fingerprint density at radius 1 is 1.47 bits per heavy atom. The van der Waals surface area contributed by atoms with E-state index in [0.29, 0.717) is 13.1 Å². The molecule has 1 fully saturated rings. The Hall–Kier alpha value is -0.660. The molecule has 1 aliphatic heterocycles. The van der Waals surface area contributed by atoms with Crippen molar-refractivity contribution in [1.82, 2.24) is 9.21 Å². The Labute approximate surface area is 102 Å². The van der Waals surface area contributed by atoms with Gasteiger partial charge in [-0.3, -0.25) is 4.79 Å². The highest BCUT2D eigenvalue weighted by molar-refractivity contribution is 7.88. The maximum Gasteiger partial charge on any atom is 0.237 e. The number of sulfonamides is 1. The quantitative estimate of drug-likeness (QED) is 0.714. The van der Waals surface area contributed by atoms with Gasteiger partial charge in [0.2, 0.25) is 15.9 Å². The fourth-order valence-corrected chi connectivity index (χ4v) is 1.88. The highest BCUT2D eigenvalue weighted by atomic mass is 32.2. The second-order valence-corrected chi connectivity index (χ2v) is 7.26. The molecular formula is C10H20N2O4S. The molecule has 0 saturated carbocycles. The van der Waals surface area contributed by atoms with Crippen molar-refractivity contribution in [2.45, 2.75) is 19.4 Å². The van der Waals surface area contributed by atoms with Crippen LogP contribution in [0.25, 0.3) is 0 Å². The summed E-state index contributed by atoms with van der Waals surface area (Å²) in [5.74, 6) is -0.159. The standard InChI is InChI=1S/C10H20N2O4S/c1-10(2,14)8-5-12(6-8)9(13)7-11(3)17(4,15)16/h8,14H,5-7H2,1-4H3. The third-order valence-corrected chi connectivity index (χ3v) is 4.42. The minimum absolute atomic E-state index is 0.0648. The van der Waals surface area contributed by atoms with E-state index >= 15 is 0 Å². The van der Waals surface area contributed by atoms with Crippen LogP contribution in [0.4, 0.5) is 0 Å². The second-order valence-electron chi connectivity index (χ2n) is 5.17. The predicted octanol–water partition coefficient (Wildman–Crippen LogP) is -0.893. The molecular weight excluding hydrogens is 244 g/mol. The summed E-state index contributed by atoms with van der Waals surface area (Å²) in [6.45, 7) is 4.25. The first kappa shape index (κ1) is 14.4. The van der Waals surface area contributed by atoms with Crippen LogP contribution in [-0.2, 0) is 14.8 Å². The average Bonchev–Trinajstić information content (AvgIpc) is 1.95. The van der Waals surface area contributed by atoms with Gasteiger partial charge in [0.1, 0.15) is 0 Å². The molecule has 0 aromatic carbocycles. The molecule has 1 saturated heterocycles. The topological polar surface area (TPSA) is 77.9 Å². The van der Waals surface area contributed by atoms with E-state index in [9.17, 15) is 18.3 Å². The first-order valence-corrected chi connectivity index (χ1v) is 7.28. The van der Waals surface area contributed by atoms with Crippen LogP contribution >= 0.6 is 0 Å². The number of aliphatic hydroxyl groups is 1. The molecule has 1 N–H and O–H groups in total. The molecule has 1 rings (SSSR count). The minimum atomic E-state index is -3.32. The zero-order chi connectivity index (χ0) is 13.4. The zero-order valence-corrected chi connectivity index (χ0v) is 11.5. The van der Waals surface area contributed by atoms with Crippen LogP contribution < -0.4 is 0 Å². The van der Waals surface area contributed by atoms with E-state index in [1.165, 1.54) is 7.05 Å². The lowest BCUT2D eigenvalue weighted by Crippen LogP contribution is -2.59.